The van der Waals surface area contributed by atoms with Crippen LogP contribution >= 0.6 is 0 Å². The highest BCUT2D eigenvalue weighted by Crippen LogP contribution is 2.22. The second-order valence-corrected chi connectivity index (χ2v) is 4.08. The van der Waals surface area contributed by atoms with Crippen molar-refractivity contribution in [3.8, 4) is 5.75 Å². The molecule has 0 atom stereocenters. The van der Waals surface area contributed by atoms with Gasteiger partial charge in [-0.1, -0.05) is 12.1 Å². The van der Waals surface area contributed by atoms with Gasteiger partial charge >= 0.3 is 0 Å². The summed E-state index contributed by atoms with van der Waals surface area (Å²) in [5, 5.41) is 6.69. The Morgan fingerprint density at radius 1 is 1.35 bits per heavy atom. The van der Waals surface area contributed by atoms with Gasteiger partial charge in [0.05, 0.1) is 25.8 Å². The number of ether oxygens (including phenoxy) is 1. The Hall–Kier alpha value is -2.57. The maximum Gasteiger partial charge on any atom is 0.259 e. The fourth-order valence-electron chi connectivity index (χ4n) is 1.46. The number of nitrogens with two attached hydrogens (primary N) is 1. The Morgan fingerprint density at radius 3 is 2.70 bits per heavy atom. The average Bonchev–Trinajstić information content (AvgIpc) is 2.42. The van der Waals surface area contributed by atoms with Gasteiger partial charge in [-0.15, -0.1) is 0 Å². The van der Waals surface area contributed by atoms with Crippen LogP contribution in [0.1, 0.15) is 13.3 Å². The molecule has 1 aromatic rings. The molecule has 0 bridgehead atoms. The predicted octanol–water partition coefficient (Wildman–Crippen LogP) is 0.475. The quantitative estimate of drug-likeness (QED) is 0.498. The number of primary amides is 1. The molecule has 0 spiro atoms. The largest absolute Gasteiger partial charge is 0.495 e. The van der Waals surface area contributed by atoms with Crippen molar-refractivity contribution in [2.45, 2.75) is 13.3 Å². The van der Waals surface area contributed by atoms with Gasteiger partial charge in [-0.25, -0.2) is 5.43 Å². The maximum atomic E-state index is 11.6. The van der Waals surface area contributed by atoms with Gasteiger partial charge in [0.15, 0.2) is 0 Å². The molecule has 0 unspecified atom stereocenters. The van der Waals surface area contributed by atoms with Crippen LogP contribution in [0.3, 0.4) is 0 Å². The zero-order chi connectivity index (χ0) is 15.0. The smallest absolute Gasteiger partial charge is 0.259 e. The van der Waals surface area contributed by atoms with E-state index in [1.54, 1.807) is 26.2 Å². The molecule has 0 heterocycles. The second kappa shape index (κ2) is 7.78. The van der Waals surface area contributed by atoms with Gasteiger partial charge in [-0.2, -0.15) is 5.10 Å². The number of nitrogens with one attached hydrogen (secondary N) is 2. The van der Waals surface area contributed by atoms with Crippen LogP contribution in [0.25, 0.3) is 0 Å². The van der Waals surface area contributed by atoms with E-state index in [2.05, 4.69) is 15.8 Å². The van der Waals surface area contributed by atoms with Gasteiger partial charge in [0.25, 0.3) is 5.91 Å². The first kappa shape index (κ1) is 15.5. The molecule has 0 aliphatic rings. The lowest BCUT2D eigenvalue weighted by atomic mass is 10.3. The Labute approximate surface area is 117 Å². The zero-order valence-corrected chi connectivity index (χ0v) is 11.5. The molecular weight excluding hydrogens is 260 g/mol. The monoisotopic (exact) mass is 278 g/mol. The summed E-state index contributed by atoms with van der Waals surface area (Å²) in [5.74, 6) is -0.180. The van der Waals surface area contributed by atoms with Gasteiger partial charge in [-0.05, 0) is 19.1 Å². The van der Waals surface area contributed by atoms with E-state index < -0.39 is 5.91 Å². The minimum Gasteiger partial charge on any atom is -0.495 e. The number of carbonyl (C=O) groups is 2. The van der Waals surface area contributed by atoms with E-state index in [0.29, 0.717) is 17.1 Å². The molecule has 0 aromatic heterocycles. The van der Waals surface area contributed by atoms with Crippen LogP contribution < -0.4 is 21.2 Å². The van der Waals surface area contributed by atoms with Crippen molar-refractivity contribution >= 4 is 23.2 Å². The summed E-state index contributed by atoms with van der Waals surface area (Å²) >= 11 is 0. The van der Waals surface area contributed by atoms with E-state index in [0.717, 1.165) is 0 Å². The highest BCUT2D eigenvalue weighted by atomic mass is 16.5. The summed E-state index contributed by atoms with van der Waals surface area (Å²) in [6.07, 6.45) is 0.0141. The predicted molar refractivity (Wildman–Crippen MR) is 76.5 cm³/mol. The Balaban J connectivity index is 2.45. The topological polar surface area (TPSA) is 106 Å². The van der Waals surface area contributed by atoms with Gasteiger partial charge in [-0.3, -0.25) is 9.59 Å². The van der Waals surface area contributed by atoms with E-state index in [-0.39, 0.29) is 18.9 Å². The van der Waals surface area contributed by atoms with Crippen LogP contribution in [0.4, 0.5) is 5.69 Å². The fourth-order valence-corrected chi connectivity index (χ4v) is 1.46. The van der Waals surface area contributed by atoms with Crippen LogP contribution in [-0.2, 0) is 9.59 Å². The van der Waals surface area contributed by atoms with E-state index >= 15 is 0 Å². The van der Waals surface area contributed by atoms with E-state index in [9.17, 15) is 9.59 Å². The van der Waals surface area contributed by atoms with E-state index in [1.165, 1.54) is 0 Å². The molecule has 108 valence electrons. The highest BCUT2D eigenvalue weighted by molar-refractivity contribution is 5.99. The summed E-state index contributed by atoms with van der Waals surface area (Å²) in [6.45, 7) is 1.65. The molecule has 0 saturated heterocycles. The van der Waals surface area contributed by atoms with Crippen molar-refractivity contribution in [1.82, 2.24) is 5.43 Å². The number of hydrogen-bond acceptors (Lipinski definition) is 5. The Bertz CT molecular complexity index is 514. The minimum atomic E-state index is -0.493. The number of benzene rings is 1. The molecule has 4 N–H and O–H groups in total. The SMILES string of the molecule is COc1ccccc1NCC(=O)N/N=C(\C)CC(N)=O. The molecule has 2 amide bonds. The van der Waals surface area contributed by atoms with Gasteiger partial charge in [0.2, 0.25) is 5.91 Å². The third-order valence-electron chi connectivity index (χ3n) is 2.35. The van der Waals surface area contributed by atoms with Crippen LogP contribution in [0.5, 0.6) is 5.75 Å². The molecule has 0 aliphatic carbocycles. The van der Waals surface area contributed by atoms with Crippen molar-refractivity contribution in [3.63, 3.8) is 0 Å². The molecule has 1 aromatic carbocycles. The molecule has 1 rings (SSSR count). The van der Waals surface area contributed by atoms with Crippen molar-refractivity contribution in [1.29, 1.82) is 0 Å². The molecule has 0 fully saturated rings. The lowest BCUT2D eigenvalue weighted by Gasteiger charge is -2.09. The standard InChI is InChI=1S/C13H18N4O3/c1-9(7-12(14)18)16-17-13(19)8-15-10-5-3-4-6-11(10)20-2/h3-6,15H,7-8H2,1-2H3,(H2,14,18)(H,17,19)/b16-9+. The van der Waals surface area contributed by atoms with Crippen molar-refractivity contribution < 1.29 is 14.3 Å². The second-order valence-electron chi connectivity index (χ2n) is 4.08. The summed E-state index contributed by atoms with van der Waals surface area (Å²) < 4.78 is 5.15. The number of hydrogen-bond donors (Lipinski definition) is 3. The number of methoxy groups -OCH3 is 1. The van der Waals surface area contributed by atoms with E-state index in [1.807, 2.05) is 12.1 Å². The normalized spacial score (nSPS) is 10.8. The third-order valence-corrected chi connectivity index (χ3v) is 2.35. The van der Waals surface area contributed by atoms with Crippen LogP contribution in [-0.4, -0.2) is 31.2 Å². The summed E-state index contributed by atoms with van der Waals surface area (Å²) in [6, 6.07) is 7.25. The minimum absolute atomic E-state index is 0.0141. The van der Waals surface area contributed by atoms with E-state index in [4.69, 9.17) is 10.5 Å². The molecule has 0 saturated carbocycles. The molecule has 0 aliphatic heterocycles. The van der Waals surface area contributed by atoms with Gasteiger partial charge < -0.3 is 15.8 Å². The molecule has 20 heavy (non-hydrogen) atoms. The van der Waals surface area contributed by atoms with Crippen molar-refractivity contribution in [3.05, 3.63) is 24.3 Å². The molecule has 7 nitrogen and oxygen atoms in total. The van der Waals surface area contributed by atoms with Crippen molar-refractivity contribution in [2.24, 2.45) is 10.8 Å². The average molecular weight is 278 g/mol. The first-order valence-corrected chi connectivity index (χ1v) is 6.00. The lowest BCUT2D eigenvalue weighted by Crippen LogP contribution is -2.27. The van der Waals surface area contributed by atoms with Gasteiger partial charge in [0, 0.05) is 5.71 Å². The van der Waals surface area contributed by atoms with Crippen molar-refractivity contribution in [2.75, 3.05) is 19.0 Å². The lowest BCUT2D eigenvalue weighted by molar-refractivity contribution is -0.119. The summed E-state index contributed by atoms with van der Waals surface area (Å²) in [4.78, 5) is 22.2. The van der Waals surface area contributed by atoms with Crippen LogP contribution in [0, 0.1) is 0 Å². The third kappa shape index (κ3) is 5.38. The molecule has 7 heteroatoms. The highest BCUT2D eigenvalue weighted by Gasteiger charge is 2.04. The molecule has 0 radical (unpaired) electrons. The molecular formula is C13H18N4O3. The number of carbonyl (C=O) groups excluding carboxylic acids is 2. The Morgan fingerprint density at radius 2 is 2.05 bits per heavy atom. The van der Waals surface area contributed by atoms with Gasteiger partial charge in [0.1, 0.15) is 5.75 Å². The number of anilines is 1. The fraction of sp³-hybridized carbons (Fsp3) is 0.308. The number of rotatable bonds is 7. The number of amides is 2. The first-order chi connectivity index (χ1) is 9.52. The maximum absolute atomic E-state index is 11.6. The van der Waals surface area contributed by atoms with Crippen LogP contribution in [0.2, 0.25) is 0 Å². The summed E-state index contributed by atoms with van der Waals surface area (Å²) in [7, 11) is 1.55. The number of nitrogens with zero attached hydrogens (tertiary/aromatic N) is 1. The van der Waals surface area contributed by atoms with Crippen LogP contribution in [0.15, 0.2) is 29.4 Å². The number of hydrazone groups is 1. The first-order valence-electron chi connectivity index (χ1n) is 6.00. The Kier molecular flexibility index (Phi) is 6.02. The summed E-state index contributed by atoms with van der Waals surface area (Å²) in [5.41, 5.74) is 8.50. The number of para-hydroxylation sites is 2. The zero-order valence-electron chi connectivity index (χ0n) is 11.5.